The third kappa shape index (κ3) is 4.00. The summed E-state index contributed by atoms with van der Waals surface area (Å²) in [5.41, 5.74) is 8.33. The largest absolute Gasteiger partial charge is 0.370 e. The van der Waals surface area contributed by atoms with Gasteiger partial charge >= 0.3 is 0 Å². The van der Waals surface area contributed by atoms with Crippen molar-refractivity contribution in [1.82, 2.24) is 14.8 Å². The number of rotatable bonds is 4. The molecule has 0 bridgehead atoms. The van der Waals surface area contributed by atoms with Gasteiger partial charge in [0, 0.05) is 36.7 Å². The van der Waals surface area contributed by atoms with E-state index in [-0.39, 0.29) is 17.6 Å². The lowest BCUT2D eigenvalue weighted by atomic mass is 9.95. The molecule has 8 nitrogen and oxygen atoms in total. The summed E-state index contributed by atoms with van der Waals surface area (Å²) < 4.78 is 2.19. The number of aromatic nitrogens is 1. The first kappa shape index (κ1) is 20.9. The van der Waals surface area contributed by atoms with E-state index >= 15 is 0 Å². The van der Waals surface area contributed by atoms with Crippen LogP contribution < -0.4 is 11.1 Å². The molecule has 8 heteroatoms. The maximum absolute atomic E-state index is 12.9. The van der Waals surface area contributed by atoms with E-state index in [1.165, 1.54) is 0 Å². The Morgan fingerprint density at radius 3 is 2.48 bits per heavy atom. The molecule has 3 heterocycles. The predicted octanol–water partition coefficient (Wildman–Crippen LogP) is 2.76. The molecule has 2 amide bonds. The number of nitrogens with one attached hydrogen (secondary N) is 2. The van der Waals surface area contributed by atoms with Crippen LogP contribution in [0.1, 0.15) is 24.3 Å². The van der Waals surface area contributed by atoms with Gasteiger partial charge in [-0.3, -0.25) is 20.3 Å². The first-order chi connectivity index (χ1) is 16.0. The summed E-state index contributed by atoms with van der Waals surface area (Å²) in [6.45, 7) is 2.36. The Balaban J connectivity index is 1.50. The number of carbonyl (C=O) groups is 2. The number of amides is 2. The molecule has 0 aliphatic carbocycles. The van der Waals surface area contributed by atoms with E-state index in [2.05, 4.69) is 14.9 Å². The normalized spacial score (nSPS) is 20.5. The number of hydrogen-bond donors (Lipinski definition) is 3. The molecule has 5 rings (SSSR count). The molecule has 2 saturated heterocycles. The van der Waals surface area contributed by atoms with Crippen LogP contribution in [0.4, 0.5) is 5.69 Å². The van der Waals surface area contributed by atoms with Crippen molar-refractivity contribution in [3.8, 4) is 0 Å². The minimum atomic E-state index is -0.747. The topological polar surface area (TPSA) is 117 Å². The molecule has 2 aliphatic rings. The van der Waals surface area contributed by atoms with Gasteiger partial charge in [-0.1, -0.05) is 36.4 Å². The van der Waals surface area contributed by atoms with Crippen LogP contribution in [0, 0.1) is 11.3 Å². The zero-order valence-electron chi connectivity index (χ0n) is 18.2. The van der Waals surface area contributed by atoms with Crippen LogP contribution in [-0.4, -0.2) is 46.0 Å². The van der Waals surface area contributed by atoms with E-state index in [0.717, 1.165) is 48.9 Å². The van der Waals surface area contributed by atoms with Crippen LogP contribution >= 0.6 is 0 Å². The van der Waals surface area contributed by atoms with Crippen LogP contribution in [0.5, 0.6) is 0 Å². The summed E-state index contributed by atoms with van der Waals surface area (Å²) >= 11 is 0. The molecule has 4 N–H and O–H groups in total. The van der Waals surface area contributed by atoms with Gasteiger partial charge in [0.15, 0.2) is 5.96 Å². The number of aliphatic imine (C=N–C) groups is 1. The number of guanidine groups is 1. The minimum absolute atomic E-state index is 0.129. The number of fused-ring (bicyclic) bond motifs is 1. The van der Waals surface area contributed by atoms with Gasteiger partial charge in [0.1, 0.15) is 11.6 Å². The summed E-state index contributed by atoms with van der Waals surface area (Å²) in [4.78, 5) is 31.9. The fraction of sp³-hybridized carbons (Fsp3) is 0.280. The van der Waals surface area contributed by atoms with Crippen molar-refractivity contribution >= 4 is 40.1 Å². The molecular formula is C25H26N6O2. The predicted molar refractivity (Wildman–Crippen MR) is 128 cm³/mol. The molecule has 2 fully saturated rings. The van der Waals surface area contributed by atoms with E-state index in [0.29, 0.717) is 11.6 Å². The van der Waals surface area contributed by atoms with Crippen LogP contribution in [0.15, 0.2) is 65.8 Å². The van der Waals surface area contributed by atoms with Crippen molar-refractivity contribution in [2.45, 2.75) is 25.3 Å². The summed E-state index contributed by atoms with van der Waals surface area (Å²) in [6.07, 6.45) is 3.90. The van der Waals surface area contributed by atoms with Crippen molar-refractivity contribution in [3.63, 3.8) is 0 Å². The highest BCUT2D eigenvalue weighted by molar-refractivity contribution is 6.52. The molecule has 0 radical (unpaired) electrons. The lowest BCUT2D eigenvalue weighted by molar-refractivity contribution is -0.124. The van der Waals surface area contributed by atoms with Gasteiger partial charge < -0.3 is 15.2 Å². The zero-order chi connectivity index (χ0) is 22.9. The van der Waals surface area contributed by atoms with E-state index in [1.54, 1.807) is 0 Å². The molecule has 1 atom stereocenters. The zero-order valence-corrected chi connectivity index (χ0v) is 18.2. The fourth-order valence-electron chi connectivity index (χ4n) is 4.84. The highest BCUT2D eigenvalue weighted by atomic mass is 16.2. The number of imide groups is 1. The van der Waals surface area contributed by atoms with E-state index < -0.39 is 11.8 Å². The monoisotopic (exact) mass is 442 g/mol. The average Bonchev–Trinajstić information content (AvgIpc) is 3.31. The second kappa shape index (κ2) is 8.54. The van der Waals surface area contributed by atoms with Gasteiger partial charge in [0.25, 0.3) is 5.91 Å². The number of benzene rings is 2. The quantitative estimate of drug-likeness (QED) is 0.327. The van der Waals surface area contributed by atoms with Gasteiger partial charge in [-0.25, -0.2) is 4.99 Å². The minimum Gasteiger partial charge on any atom is -0.370 e. The van der Waals surface area contributed by atoms with E-state index in [9.17, 15) is 9.59 Å². The summed E-state index contributed by atoms with van der Waals surface area (Å²) in [7, 11) is 0. The number of carbonyl (C=O) groups excluding carboxylic acids is 2. The Morgan fingerprint density at radius 2 is 1.76 bits per heavy atom. The molecule has 1 aromatic heterocycles. The highest BCUT2D eigenvalue weighted by Gasteiger charge is 2.41. The number of para-hydroxylation sites is 2. The second-order valence-electron chi connectivity index (χ2n) is 8.65. The number of likely N-dealkylation sites (tertiary alicyclic amines) is 1. The molecule has 0 saturated carbocycles. The van der Waals surface area contributed by atoms with Crippen molar-refractivity contribution in [2.75, 3.05) is 13.1 Å². The van der Waals surface area contributed by atoms with E-state index in [4.69, 9.17) is 11.1 Å². The highest BCUT2D eigenvalue weighted by Crippen LogP contribution is 2.33. The smallest absolute Gasteiger partial charge is 0.273 e. The summed E-state index contributed by atoms with van der Waals surface area (Å²) in [5, 5.41) is 11.0. The Hall–Kier alpha value is -3.94. The number of piperidine rings is 1. The molecule has 1 unspecified atom stereocenters. The van der Waals surface area contributed by atoms with Crippen molar-refractivity contribution in [1.29, 1.82) is 5.41 Å². The van der Waals surface area contributed by atoms with Crippen molar-refractivity contribution in [3.05, 3.63) is 66.4 Å². The third-order valence-electron chi connectivity index (χ3n) is 6.55. The molecule has 2 aromatic carbocycles. The van der Waals surface area contributed by atoms with Crippen LogP contribution in [0.3, 0.4) is 0 Å². The summed E-state index contributed by atoms with van der Waals surface area (Å²) in [6, 6.07) is 17.2. The van der Waals surface area contributed by atoms with Crippen LogP contribution in [0.2, 0.25) is 0 Å². The van der Waals surface area contributed by atoms with Gasteiger partial charge in [-0.2, -0.15) is 0 Å². The van der Waals surface area contributed by atoms with E-state index in [1.807, 2.05) is 65.7 Å². The van der Waals surface area contributed by atoms with Crippen molar-refractivity contribution < 1.29 is 9.59 Å². The standard InChI is InChI=1S/C25H26N6O2/c26-25(27)30-12-10-16(11-13-30)14-31-15-19(18-8-4-5-9-20(18)31)21-22(24(33)29-23(21)32)28-17-6-2-1-3-7-17/h1-9,15-16,21H,10-14H2,(H3,26,27)(H,29,32,33). The average molecular weight is 443 g/mol. The first-order valence-corrected chi connectivity index (χ1v) is 11.2. The fourth-order valence-corrected chi connectivity index (χ4v) is 4.84. The maximum Gasteiger partial charge on any atom is 0.273 e. The maximum atomic E-state index is 12.9. The van der Waals surface area contributed by atoms with Gasteiger partial charge in [-0.05, 0) is 42.5 Å². The summed E-state index contributed by atoms with van der Waals surface area (Å²) in [5.74, 6) is -0.955. The molecule has 0 spiro atoms. The Bertz CT molecular complexity index is 1250. The molecule has 3 aromatic rings. The Labute approximate surface area is 191 Å². The van der Waals surface area contributed by atoms with Crippen molar-refractivity contribution in [2.24, 2.45) is 16.6 Å². The number of nitrogens with zero attached hydrogens (tertiary/aromatic N) is 3. The lowest BCUT2D eigenvalue weighted by Gasteiger charge is -2.32. The third-order valence-corrected chi connectivity index (χ3v) is 6.55. The number of hydrogen-bond acceptors (Lipinski definition) is 4. The number of nitrogens with two attached hydrogens (primary N) is 1. The first-order valence-electron chi connectivity index (χ1n) is 11.2. The molecule has 2 aliphatic heterocycles. The SMILES string of the molecule is N=C(N)N1CCC(Cn2cc(C3C(=O)NC(=O)C3=Nc3ccccc3)c3ccccc32)CC1. The lowest BCUT2D eigenvalue weighted by Crippen LogP contribution is -2.42. The molecule has 168 valence electrons. The molecular weight excluding hydrogens is 416 g/mol. The van der Waals surface area contributed by atoms with Crippen LogP contribution in [-0.2, 0) is 16.1 Å². The van der Waals surface area contributed by atoms with Gasteiger partial charge in [-0.15, -0.1) is 0 Å². The van der Waals surface area contributed by atoms with Crippen LogP contribution in [0.25, 0.3) is 10.9 Å². The Morgan fingerprint density at radius 1 is 1.06 bits per heavy atom. The van der Waals surface area contributed by atoms with Gasteiger partial charge in [0.05, 0.1) is 5.69 Å². The Kier molecular flexibility index (Phi) is 5.42. The second-order valence-corrected chi connectivity index (χ2v) is 8.65. The van der Waals surface area contributed by atoms with Gasteiger partial charge in [0.2, 0.25) is 5.91 Å². The molecule has 33 heavy (non-hydrogen) atoms.